The number of sulfonamides is 1. The maximum absolute atomic E-state index is 13.1. The minimum absolute atomic E-state index is 0.0754. The Morgan fingerprint density at radius 2 is 1.87 bits per heavy atom. The second kappa shape index (κ2) is 6.24. The zero-order valence-electron chi connectivity index (χ0n) is 12.6. The highest BCUT2D eigenvalue weighted by molar-refractivity contribution is 7.92. The third-order valence-electron chi connectivity index (χ3n) is 4.03. The van der Waals surface area contributed by atoms with Gasteiger partial charge in [0.25, 0.3) is 10.0 Å². The summed E-state index contributed by atoms with van der Waals surface area (Å²) < 4.78 is 27.7. The summed E-state index contributed by atoms with van der Waals surface area (Å²) in [7, 11) is -3.61. The van der Waals surface area contributed by atoms with E-state index in [0.717, 1.165) is 24.1 Å². The van der Waals surface area contributed by atoms with E-state index in [-0.39, 0.29) is 10.9 Å². The predicted octanol–water partition coefficient (Wildman–Crippen LogP) is 3.95. The van der Waals surface area contributed by atoms with Crippen molar-refractivity contribution in [3.8, 4) is 0 Å². The Balaban J connectivity index is 2.07. The van der Waals surface area contributed by atoms with Crippen LogP contribution >= 0.6 is 12.2 Å². The lowest BCUT2D eigenvalue weighted by Gasteiger charge is -2.36. The van der Waals surface area contributed by atoms with E-state index < -0.39 is 10.0 Å². The summed E-state index contributed by atoms with van der Waals surface area (Å²) in [4.78, 5) is 4.10. The summed E-state index contributed by atoms with van der Waals surface area (Å²) in [6, 6.07) is 14.0. The van der Waals surface area contributed by atoms with Crippen LogP contribution in [0.3, 0.4) is 0 Å². The van der Waals surface area contributed by atoms with Gasteiger partial charge in [-0.1, -0.05) is 18.2 Å². The molecule has 1 atom stereocenters. The van der Waals surface area contributed by atoms with Crippen LogP contribution < -0.4 is 4.31 Å². The van der Waals surface area contributed by atoms with Crippen molar-refractivity contribution in [2.75, 3.05) is 4.31 Å². The Bertz CT molecular complexity index is 870. The van der Waals surface area contributed by atoms with Crippen molar-refractivity contribution in [3.63, 3.8) is 0 Å². The number of aryl methyl sites for hydroxylation is 1. The van der Waals surface area contributed by atoms with E-state index in [1.54, 1.807) is 24.3 Å². The summed E-state index contributed by atoms with van der Waals surface area (Å²) in [5, 5.41) is 2.27. The molecule has 0 saturated heterocycles. The normalized spacial score (nSPS) is 17.3. The number of isothiocyanates is 1. The molecule has 1 heterocycles. The fourth-order valence-electron chi connectivity index (χ4n) is 2.88. The van der Waals surface area contributed by atoms with Crippen molar-refractivity contribution in [1.29, 1.82) is 0 Å². The molecule has 4 nitrogen and oxygen atoms in total. The van der Waals surface area contributed by atoms with E-state index in [1.165, 1.54) is 4.31 Å². The van der Waals surface area contributed by atoms with Gasteiger partial charge < -0.3 is 0 Å². The SMILES string of the molecule is CC1CCc2ccccc2N1S(=O)(=O)c1ccc(N=C=S)cc1. The van der Waals surface area contributed by atoms with Crippen molar-refractivity contribution >= 4 is 38.8 Å². The number of thiocarbonyl (C=S) groups is 1. The topological polar surface area (TPSA) is 49.7 Å². The first-order valence-electron chi connectivity index (χ1n) is 7.34. The Morgan fingerprint density at radius 1 is 1.17 bits per heavy atom. The molecule has 0 amide bonds. The summed E-state index contributed by atoms with van der Waals surface area (Å²) >= 11 is 4.56. The molecule has 0 radical (unpaired) electrons. The molecule has 23 heavy (non-hydrogen) atoms. The lowest BCUT2D eigenvalue weighted by molar-refractivity contribution is 0.563. The zero-order valence-corrected chi connectivity index (χ0v) is 14.3. The zero-order chi connectivity index (χ0) is 16.4. The van der Waals surface area contributed by atoms with E-state index in [2.05, 4.69) is 22.4 Å². The number of aliphatic imine (C=N–C) groups is 1. The molecule has 0 fully saturated rings. The van der Waals surface area contributed by atoms with Gasteiger partial charge in [0.1, 0.15) is 0 Å². The average Bonchev–Trinajstić information content (AvgIpc) is 2.55. The smallest absolute Gasteiger partial charge is 0.263 e. The highest BCUT2D eigenvalue weighted by Crippen LogP contribution is 2.35. The average molecular weight is 344 g/mol. The number of benzene rings is 2. The molecular weight excluding hydrogens is 328 g/mol. The van der Waals surface area contributed by atoms with Crippen LogP contribution in [0.2, 0.25) is 0 Å². The van der Waals surface area contributed by atoms with Crippen LogP contribution in [0.15, 0.2) is 58.4 Å². The van der Waals surface area contributed by atoms with Gasteiger partial charge in [0.2, 0.25) is 0 Å². The number of fused-ring (bicyclic) bond motifs is 1. The minimum atomic E-state index is -3.61. The summed E-state index contributed by atoms with van der Waals surface area (Å²) in [5.74, 6) is 0. The first-order chi connectivity index (χ1) is 11.0. The Morgan fingerprint density at radius 3 is 2.57 bits per heavy atom. The first kappa shape index (κ1) is 15.9. The van der Waals surface area contributed by atoms with E-state index in [1.807, 2.05) is 31.2 Å². The Labute approximate surface area is 141 Å². The third kappa shape index (κ3) is 2.93. The van der Waals surface area contributed by atoms with E-state index >= 15 is 0 Å². The van der Waals surface area contributed by atoms with Gasteiger partial charge >= 0.3 is 0 Å². The van der Waals surface area contributed by atoms with Gasteiger partial charge in [-0.15, -0.1) is 0 Å². The summed E-state index contributed by atoms with van der Waals surface area (Å²) in [6.45, 7) is 1.94. The van der Waals surface area contributed by atoms with Crippen LogP contribution in [0, 0.1) is 0 Å². The number of hydrogen-bond acceptors (Lipinski definition) is 4. The van der Waals surface area contributed by atoms with Crippen LogP contribution in [-0.4, -0.2) is 19.6 Å². The van der Waals surface area contributed by atoms with Crippen molar-refractivity contribution < 1.29 is 8.42 Å². The van der Waals surface area contributed by atoms with Gasteiger partial charge in [0.05, 0.1) is 21.4 Å². The standard InChI is InChI=1S/C17H16N2O2S2/c1-13-6-7-14-4-2-3-5-17(14)19(13)23(20,21)16-10-8-15(9-11-16)18-12-22/h2-5,8-11,13H,6-7H2,1H3. The highest BCUT2D eigenvalue weighted by Gasteiger charge is 2.33. The summed E-state index contributed by atoms with van der Waals surface area (Å²) in [5.41, 5.74) is 2.43. The molecule has 6 heteroatoms. The van der Waals surface area contributed by atoms with Crippen molar-refractivity contribution in [3.05, 3.63) is 54.1 Å². The second-order valence-corrected chi connectivity index (χ2v) is 7.51. The highest BCUT2D eigenvalue weighted by atomic mass is 32.2. The molecule has 1 unspecified atom stereocenters. The van der Waals surface area contributed by atoms with Crippen molar-refractivity contribution in [2.45, 2.75) is 30.7 Å². The van der Waals surface area contributed by atoms with Gasteiger partial charge in [0.15, 0.2) is 0 Å². The van der Waals surface area contributed by atoms with Gasteiger partial charge in [0, 0.05) is 6.04 Å². The van der Waals surface area contributed by atoms with E-state index in [0.29, 0.717) is 5.69 Å². The van der Waals surface area contributed by atoms with Crippen LogP contribution in [0.4, 0.5) is 11.4 Å². The molecule has 0 aliphatic carbocycles. The summed E-state index contributed by atoms with van der Waals surface area (Å²) in [6.07, 6.45) is 1.70. The van der Waals surface area contributed by atoms with Crippen LogP contribution in [0.25, 0.3) is 0 Å². The quantitative estimate of drug-likeness (QED) is 0.626. The number of para-hydroxylation sites is 1. The molecule has 3 rings (SSSR count). The van der Waals surface area contributed by atoms with E-state index in [4.69, 9.17) is 0 Å². The molecular formula is C17H16N2O2S2. The fourth-order valence-corrected chi connectivity index (χ4v) is 4.71. The lowest BCUT2D eigenvalue weighted by Crippen LogP contribution is -2.42. The van der Waals surface area contributed by atoms with Gasteiger partial charge in [-0.2, -0.15) is 4.99 Å². The van der Waals surface area contributed by atoms with Crippen molar-refractivity contribution in [2.24, 2.45) is 4.99 Å². The number of hydrogen-bond donors (Lipinski definition) is 0. The van der Waals surface area contributed by atoms with Gasteiger partial charge in [-0.3, -0.25) is 4.31 Å². The van der Waals surface area contributed by atoms with Crippen LogP contribution in [0.1, 0.15) is 18.9 Å². The second-order valence-electron chi connectivity index (χ2n) is 5.51. The van der Waals surface area contributed by atoms with Crippen LogP contribution in [-0.2, 0) is 16.4 Å². The molecule has 0 aromatic heterocycles. The monoisotopic (exact) mass is 344 g/mol. The molecule has 0 saturated carbocycles. The van der Waals surface area contributed by atoms with Crippen LogP contribution in [0.5, 0.6) is 0 Å². The molecule has 2 aromatic rings. The minimum Gasteiger partial charge on any atom is -0.263 e. The number of nitrogens with zero attached hydrogens (tertiary/aromatic N) is 2. The molecule has 1 aliphatic rings. The lowest BCUT2D eigenvalue weighted by atomic mass is 9.99. The molecule has 118 valence electrons. The largest absolute Gasteiger partial charge is 0.264 e. The molecule has 0 bridgehead atoms. The third-order valence-corrected chi connectivity index (χ3v) is 6.06. The Hall–Kier alpha value is -2.01. The Kier molecular flexibility index (Phi) is 4.31. The van der Waals surface area contributed by atoms with Gasteiger partial charge in [-0.05, 0) is 67.9 Å². The molecule has 2 aromatic carbocycles. The fraction of sp³-hybridized carbons (Fsp3) is 0.235. The van der Waals surface area contributed by atoms with Gasteiger partial charge in [-0.25, -0.2) is 8.42 Å². The van der Waals surface area contributed by atoms with E-state index in [9.17, 15) is 8.42 Å². The predicted molar refractivity (Wildman–Crippen MR) is 95.0 cm³/mol. The molecule has 0 N–H and O–H groups in total. The number of rotatable bonds is 3. The maximum Gasteiger partial charge on any atom is 0.264 e. The molecule has 0 spiro atoms. The number of anilines is 1. The van der Waals surface area contributed by atoms with Crippen molar-refractivity contribution in [1.82, 2.24) is 0 Å². The maximum atomic E-state index is 13.1. The first-order valence-corrected chi connectivity index (χ1v) is 9.19. The molecule has 1 aliphatic heterocycles.